The standard InChI is InChI=1S/C9H5BrClNO/c10-6-1-2-7(11)8-5(6)3-4-12-9(8)13/h1-4H,(H,12,13). The fourth-order valence-corrected chi connectivity index (χ4v) is 1.95. The summed E-state index contributed by atoms with van der Waals surface area (Å²) in [4.78, 5) is 14.0. The van der Waals surface area contributed by atoms with Crippen LogP contribution in [0.3, 0.4) is 0 Å². The van der Waals surface area contributed by atoms with Gasteiger partial charge in [0.2, 0.25) is 0 Å². The van der Waals surface area contributed by atoms with Crippen molar-refractivity contribution in [2.45, 2.75) is 0 Å². The molecule has 4 heteroatoms. The van der Waals surface area contributed by atoms with Gasteiger partial charge in [-0.1, -0.05) is 27.5 Å². The van der Waals surface area contributed by atoms with E-state index in [1.54, 1.807) is 12.3 Å². The van der Waals surface area contributed by atoms with Crippen molar-refractivity contribution in [1.82, 2.24) is 4.98 Å². The van der Waals surface area contributed by atoms with Crippen molar-refractivity contribution in [1.29, 1.82) is 0 Å². The van der Waals surface area contributed by atoms with Gasteiger partial charge in [-0.3, -0.25) is 4.79 Å². The Morgan fingerprint density at radius 3 is 2.77 bits per heavy atom. The van der Waals surface area contributed by atoms with Crippen LogP contribution in [0.5, 0.6) is 0 Å². The first-order valence-electron chi connectivity index (χ1n) is 3.65. The maximum Gasteiger partial charge on any atom is 0.257 e. The van der Waals surface area contributed by atoms with Crippen LogP contribution in [0.2, 0.25) is 5.02 Å². The van der Waals surface area contributed by atoms with E-state index in [-0.39, 0.29) is 5.56 Å². The number of hydrogen-bond donors (Lipinski definition) is 1. The lowest BCUT2D eigenvalue weighted by molar-refractivity contribution is 1.28. The van der Waals surface area contributed by atoms with Crippen LogP contribution in [0.25, 0.3) is 10.8 Å². The van der Waals surface area contributed by atoms with Gasteiger partial charge in [0.25, 0.3) is 5.56 Å². The first kappa shape index (κ1) is 8.78. The van der Waals surface area contributed by atoms with Crippen molar-refractivity contribution in [3.05, 3.63) is 44.2 Å². The summed E-state index contributed by atoms with van der Waals surface area (Å²) in [5, 5.41) is 1.83. The van der Waals surface area contributed by atoms with Crippen molar-refractivity contribution in [3.8, 4) is 0 Å². The number of halogens is 2. The third kappa shape index (κ3) is 1.38. The highest BCUT2D eigenvalue weighted by Gasteiger charge is 2.05. The molecule has 0 atom stereocenters. The topological polar surface area (TPSA) is 32.9 Å². The molecule has 0 spiro atoms. The molecule has 0 bridgehead atoms. The van der Waals surface area contributed by atoms with Crippen LogP contribution in [-0.2, 0) is 0 Å². The van der Waals surface area contributed by atoms with Crippen LogP contribution in [0.15, 0.2) is 33.7 Å². The van der Waals surface area contributed by atoms with Crippen LogP contribution in [0.4, 0.5) is 0 Å². The maximum atomic E-state index is 11.4. The van der Waals surface area contributed by atoms with E-state index >= 15 is 0 Å². The van der Waals surface area contributed by atoms with E-state index in [1.807, 2.05) is 12.1 Å². The van der Waals surface area contributed by atoms with E-state index in [0.717, 1.165) is 9.86 Å². The molecule has 66 valence electrons. The van der Waals surface area contributed by atoms with Gasteiger partial charge in [0.05, 0.1) is 10.4 Å². The minimum Gasteiger partial charge on any atom is -0.329 e. The molecule has 1 N–H and O–H groups in total. The Labute approximate surface area is 87.7 Å². The summed E-state index contributed by atoms with van der Waals surface area (Å²) in [5.41, 5.74) is -0.163. The molecule has 0 saturated heterocycles. The summed E-state index contributed by atoms with van der Waals surface area (Å²) < 4.78 is 0.873. The Morgan fingerprint density at radius 2 is 2.08 bits per heavy atom. The number of aromatic nitrogens is 1. The Morgan fingerprint density at radius 1 is 1.31 bits per heavy atom. The molecule has 1 aromatic carbocycles. The molecule has 0 fully saturated rings. The Balaban J connectivity index is 3.09. The predicted octanol–water partition coefficient (Wildman–Crippen LogP) is 2.94. The summed E-state index contributed by atoms with van der Waals surface area (Å²) in [6, 6.07) is 5.33. The highest BCUT2D eigenvalue weighted by atomic mass is 79.9. The molecule has 2 rings (SSSR count). The van der Waals surface area contributed by atoms with Gasteiger partial charge in [0.15, 0.2) is 0 Å². The molecule has 0 saturated carbocycles. The van der Waals surface area contributed by atoms with Crippen LogP contribution in [0, 0.1) is 0 Å². The van der Waals surface area contributed by atoms with Gasteiger partial charge in [-0.05, 0) is 18.2 Å². The lowest BCUT2D eigenvalue weighted by atomic mass is 10.2. The first-order valence-corrected chi connectivity index (χ1v) is 4.82. The van der Waals surface area contributed by atoms with Crippen molar-refractivity contribution in [3.63, 3.8) is 0 Å². The molecule has 0 aliphatic heterocycles. The molecule has 1 aromatic heterocycles. The van der Waals surface area contributed by atoms with Crippen LogP contribution in [-0.4, -0.2) is 4.98 Å². The number of fused-ring (bicyclic) bond motifs is 1. The third-order valence-electron chi connectivity index (χ3n) is 1.83. The lowest BCUT2D eigenvalue weighted by Crippen LogP contribution is -2.04. The first-order chi connectivity index (χ1) is 6.20. The number of hydrogen-bond acceptors (Lipinski definition) is 1. The molecule has 2 nitrogen and oxygen atoms in total. The number of H-pyrrole nitrogens is 1. The molecule has 2 aromatic rings. The second kappa shape index (κ2) is 3.16. The van der Waals surface area contributed by atoms with Crippen LogP contribution < -0.4 is 5.56 Å². The van der Waals surface area contributed by atoms with Gasteiger partial charge in [0.1, 0.15) is 0 Å². The molecule has 13 heavy (non-hydrogen) atoms. The summed E-state index contributed by atoms with van der Waals surface area (Å²) >= 11 is 9.25. The number of benzene rings is 1. The molecule has 0 aliphatic rings. The Kier molecular flexibility index (Phi) is 2.14. The van der Waals surface area contributed by atoms with E-state index in [0.29, 0.717) is 10.4 Å². The molecular weight excluding hydrogens is 253 g/mol. The van der Waals surface area contributed by atoms with Gasteiger partial charge >= 0.3 is 0 Å². The van der Waals surface area contributed by atoms with Crippen molar-refractivity contribution < 1.29 is 0 Å². The molecular formula is C9H5BrClNO. The van der Waals surface area contributed by atoms with E-state index in [4.69, 9.17) is 11.6 Å². The maximum absolute atomic E-state index is 11.4. The number of pyridine rings is 1. The van der Waals surface area contributed by atoms with E-state index in [1.165, 1.54) is 0 Å². The van der Waals surface area contributed by atoms with Crippen LogP contribution >= 0.6 is 27.5 Å². The smallest absolute Gasteiger partial charge is 0.257 e. The second-order valence-corrected chi connectivity index (χ2v) is 3.89. The lowest BCUT2D eigenvalue weighted by Gasteiger charge is -2.00. The van der Waals surface area contributed by atoms with Gasteiger partial charge in [-0.15, -0.1) is 0 Å². The molecule has 0 radical (unpaired) electrons. The zero-order valence-electron chi connectivity index (χ0n) is 6.47. The Bertz CT molecular complexity index is 520. The average molecular weight is 259 g/mol. The highest BCUT2D eigenvalue weighted by Crippen LogP contribution is 2.26. The summed E-state index contributed by atoms with van der Waals surface area (Å²) in [6.45, 7) is 0. The predicted molar refractivity (Wildman–Crippen MR) is 57.3 cm³/mol. The highest BCUT2D eigenvalue weighted by molar-refractivity contribution is 9.10. The van der Waals surface area contributed by atoms with E-state index < -0.39 is 0 Å². The fraction of sp³-hybridized carbons (Fsp3) is 0. The molecule has 0 unspecified atom stereocenters. The van der Waals surface area contributed by atoms with Gasteiger partial charge in [-0.25, -0.2) is 0 Å². The zero-order chi connectivity index (χ0) is 9.42. The zero-order valence-corrected chi connectivity index (χ0v) is 8.82. The SMILES string of the molecule is O=c1[nH]ccc2c(Br)ccc(Cl)c12. The molecule has 0 amide bonds. The summed E-state index contributed by atoms with van der Waals surface area (Å²) in [6.07, 6.45) is 1.60. The Hall–Kier alpha value is -0.800. The summed E-state index contributed by atoms with van der Waals surface area (Å²) in [5.74, 6) is 0. The fourth-order valence-electron chi connectivity index (χ4n) is 1.23. The quantitative estimate of drug-likeness (QED) is 0.774. The second-order valence-electron chi connectivity index (χ2n) is 2.62. The van der Waals surface area contributed by atoms with Crippen molar-refractivity contribution in [2.75, 3.05) is 0 Å². The van der Waals surface area contributed by atoms with Gasteiger partial charge in [-0.2, -0.15) is 0 Å². The van der Waals surface area contributed by atoms with E-state index in [9.17, 15) is 4.79 Å². The monoisotopic (exact) mass is 257 g/mol. The van der Waals surface area contributed by atoms with Gasteiger partial charge in [0, 0.05) is 16.1 Å². The number of aromatic amines is 1. The minimum atomic E-state index is -0.163. The van der Waals surface area contributed by atoms with Gasteiger partial charge < -0.3 is 4.98 Å². The minimum absolute atomic E-state index is 0.163. The third-order valence-corrected chi connectivity index (χ3v) is 2.84. The largest absolute Gasteiger partial charge is 0.329 e. The molecule has 0 aliphatic carbocycles. The van der Waals surface area contributed by atoms with Crippen molar-refractivity contribution >= 4 is 38.3 Å². The normalized spacial score (nSPS) is 10.6. The number of nitrogens with one attached hydrogen (secondary N) is 1. The van der Waals surface area contributed by atoms with Crippen molar-refractivity contribution in [2.24, 2.45) is 0 Å². The average Bonchev–Trinajstić information content (AvgIpc) is 2.12. The number of rotatable bonds is 0. The molecule has 1 heterocycles. The van der Waals surface area contributed by atoms with Crippen LogP contribution in [0.1, 0.15) is 0 Å². The summed E-state index contributed by atoms with van der Waals surface area (Å²) in [7, 11) is 0. The van der Waals surface area contributed by atoms with E-state index in [2.05, 4.69) is 20.9 Å².